The second-order valence-electron chi connectivity index (χ2n) is 9.08. The van der Waals surface area contributed by atoms with Crippen LogP contribution in [-0.2, 0) is 0 Å². The molecule has 6 aromatic carbocycles. The van der Waals surface area contributed by atoms with Crippen LogP contribution < -0.4 is 4.90 Å². The molecule has 0 aliphatic carbocycles. The average molecular weight is 504 g/mol. The van der Waals surface area contributed by atoms with Crippen LogP contribution in [-0.4, -0.2) is 0 Å². The van der Waals surface area contributed by atoms with E-state index in [-0.39, 0.29) is 0 Å². The van der Waals surface area contributed by atoms with Crippen LogP contribution in [0.4, 0.5) is 17.1 Å². The number of hydrogen-bond donors (Lipinski definition) is 0. The SMILES string of the molecule is CC.c1ccc(-c2ccc(N(c3ccc(-c4ccccc4)cc3)c3cccc(-c4ccccc4)c3)cc2)cc1. The highest BCUT2D eigenvalue weighted by Crippen LogP contribution is 2.38. The van der Waals surface area contributed by atoms with Gasteiger partial charge in [0.05, 0.1) is 0 Å². The number of hydrogen-bond acceptors (Lipinski definition) is 1. The highest BCUT2D eigenvalue weighted by atomic mass is 15.1. The van der Waals surface area contributed by atoms with E-state index in [1.54, 1.807) is 0 Å². The second kappa shape index (κ2) is 12.6. The standard InChI is InChI=1S/C36H27N.C2H6/c1-4-11-28(12-5-1)31-19-23-34(24-20-31)37(35-25-21-32(22-26-35)29-13-6-2-7-14-29)36-18-10-17-33(27-36)30-15-8-3-9-16-30;1-2/h1-27H;1-2H3. The topological polar surface area (TPSA) is 3.24 Å². The second-order valence-corrected chi connectivity index (χ2v) is 9.08. The Morgan fingerprint density at radius 1 is 0.282 bits per heavy atom. The summed E-state index contributed by atoms with van der Waals surface area (Å²) in [6.07, 6.45) is 0. The summed E-state index contributed by atoms with van der Waals surface area (Å²) in [6.45, 7) is 4.00. The van der Waals surface area contributed by atoms with Gasteiger partial charge >= 0.3 is 0 Å². The van der Waals surface area contributed by atoms with Crippen LogP contribution in [0.1, 0.15) is 13.8 Å². The third kappa shape index (κ3) is 6.00. The molecule has 190 valence electrons. The number of benzene rings is 6. The summed E-state index contributed by atoms with van der Waals surface area (Å²) in [5.74, 6) is 0. The van der Waals surface area contributed by atoms with Gasteiger partial charge in [0.2, 0.25) is 0 Å². The monoisotopic (exact) mass is 503 g/mol. The first kappa shape index (κ1) is 25.8. The minimum absolute atomic E-state index is 1.12. The molecule has 0 fully saturated rings. The zero-order valence-corrected chi connectivity index (χ0v) is 22.5. The molecule has 0 bridgehead atoms. The first-order valence-electron chi connectivity index (χ1n) is 13.6. The Balaban J connectivity index is 0.00000151. The van der Waals surface area contributed by atoms with Gasteiger partial charge in [-0.15, -0.1) is 0 Å². The third-order valence-electron chi connectivity index (χ3n) is 6.68. The van der Waals surface area contributed by atoms with Gasteiger partial charge in [-0.05, 0) is 69.8 Å². The van der Waals surface area contributed by atoms with Crippen molar-refractivity contribution < 1.29 is 0 Å². The Bertz CT molecular complexity index is 1490. The van der Waals surface area contributed by atoms with Gasteiger partial charge in [0.15, 0.2) is 0 Å². The molecule has 0 saturated heterocycles. The lowest BCUT2D eigenvalue weighted by atomic mass is 10.0. The normalized spacial score (nSPS) is 10.3. The zero-order valence-electron chi connectivity index (χ0n) is 22.5. The molecule has 1 heteroatoms. The molecule has 0 amide bonds. The maximum Gasteiger partial charge on any atom is 0.0467 e. The molecule has 1 nitrogen and oxygen atoms in total. The summed E-state index contributed by atoms with van der Waals surface area (Å²) in [7, 11) is 0. The van der Waals surface area contributed by atoms with E-state index in [1.165, 1.54) is 33.4 Å². The minimum atomic E-state index is 1.12. The molecule has 0 radical (unpaired) electrons. The van der Waals surface area contributed by atoms with Crippen LogP contribution in [0, 0.1) is 0 Å². The smallest absolute Gasteiger partial charge is 0.0467 e. The van der Waals surface area contributed by atoms with Gasteiger partial charge in [-0.2, -0.15) is 0 Å². The van der Waals surface area contributed by atoms with Gasteiger partial charge < -0.3 is 4.90 Å². The van der Waals surface area contributed by atoms with Crippen molar-refractivity contribution in [2.75, 3.05) is 4.90 Å². The Hall–Kier alpha value is -4.88. The van der Waals surface area contributed by atoms with Crippen molar-refractivity contribution in [1.29, 1.82) is 0 Å². The van der Waals surface area contributed by atoms with E-state index in [0.29, 0.717) is 0 Å². The van der Waals surface area contributed by atoms with E-state index < -0.39 is 0 Å². The molecule has 0 unspecified atom stereocenters. The van der Waals surface area contributed by atoms with Crippen molar-refractivity contribution in [2.24, 2.45) is 0 Å². The zero-order chi connectivity index (χ0) is 26.9. The highest BCUT2D eigenvalue weighted by molar-refractivity contribution is 5.82. The summed E-state index contributed by atoms with van der Waals surface area (Å²) in [5, 5.41) is 0. The highest BCUT2D eigenvalue weighted by Gasteiger charge is 2.14. The summed E-state index contributed by atoms with van der Waals surface area (Å²) >= 11 is 0. The van der Waals surface area contributed by atoms with Gasteiger partial charge in [0.25, 0.3) is 0 Å². The van der Waals surface area contributed by atoms with Gasteiger partial charge in [0.1, 0.15) is 0 Å². The number of nitrogens with zero attached hydrogens (tertiary/aromatic N) is 1. The van der Waals surface area contributed by atoms with Gasteiger partial charge in [-0.1, -0.05) is 141 Å². The van der Waals surface area contributed by atoms with Crippen LogP contribution in [0.2, 0.25) is 0 Å². The summed E-state index contributed by atoms with van der Waals surface area (Å²) < 4.78 is 0. The largest absolute Gasteiger partial charge is 0.310 e. The van der Waals surface area contributed by atoms with E-state index in [2.05, 4.69) is 169 Å². The van der Waals surface area contributed by atoms with E-state index in [1.807, 2.05) is 13.8 Å². The van der Waals surface area contributed by atoms with Crippen LogP contribution in [0.5, 0.6) is 0 Å². The summed E-state index contributed by atoms with van der Waals surface area (Å²) in [5.41, 5.74) is 10.6. The van der Waals surface area contributed by atoms with Gasteiger partial charge in [-0.3, -0.25) is 0 Å². The summed E-state index contributed by atoms with van der Waals surface area (Å²) in [4.78, 5) is 2.33. The Morgan fingerprint density at radius 3 is 1.03 bits per heavy atom. The van der Waals surface area contributed by atoms with Crippen LogP contribution in [0.15, 0.2) is 164 Å². The summed E-state index contributed by atoms with van der Waals surface area (Å²) in [6, 6.07) is 58.0. The van der Waals surface area contributed by atoms with Crippen molar-refractivity contribution in [2.45, 2.75) is 13.8 Å². The Kier molecular flexibility index (Phi) is 8.31. The van der Waals surface area contributed by atoms with Gasteiger partial charge in [-0.25, -0.2) is 0 Å². The quantitative estimate of drug-likeness (QED) is 0.218. The molecule has 0 saturated carbocycles. The molecule has 0 aliphatic heterocycles. The average Bonchev–Trinajstić information content (AvgIpc) is 3.04. The number of rotatable bonds is 6. The molecule has 0 aliphatic rings. The molecule has 6 aromatic rings. The van der Waals surface area contributed by atoms with Crippen molar-refractivity contribution in [3.05, 3.63) is 164 Å². The maximum atomic E-state index is 2.33. The number of anilines is 3. The molecule has 0 atom stereocenters. The molecule has 0 N–H and O–H groups in total. The molecule has 39 heavy (non-hydrogen) atoms. The third-order valence-corrected chi connectivity index (χ3v) is 6.68. The Labute approximate surface area is 232 Å². The molecule has 0 heterocycles. The van der Waals surface area contributed by atoms with E-state index >= 15 is 0 Å². The molecular formula is C38H33N. The fourth-order valence-electron chi connectivity index (χ4n) is 4.77. The lowest BCUT2D eigenvalue weighted by Crippen LogP contribution is -2.10. The van der Waals surface area contributed by atoms with Crippen LogP contribution in [0.3, 0.4) is 0 Å². The predicted molar refractivity (Wildman–Crippen MR) is 169 cm³/mol. The van der Waals surface area contributed by atoms with Gasteiger partial charge in [0, 0.05) is 17.1 Å². The Morgan fingerprint density at radius 2 is 0.615 bits per heavy atom. The molecular weight excluding hydrogens is 470 g/mol. The maximum absolute atomic E-state index is 2.33. The van der Waals surface area contributed by atoms with E-state index in [0.717, 1.165) is 17.1 Å². The molecule has 6 rings (SSSR count). The predicted octanol–water partition coefficient (Wildman–Crippen LogP) is 11.2. The van der Waals surface area contributed by atoms with Crippen molar-refractivity contribution in [3.8, 4) is 33.4 Å². The van der Waals surface area contributed by atoms with Crippen LogP contribution >= 0.6 is 0 Å². The van der Waals surface area contributed by atoms with E-state index in [4.69, 9.17) is 0 Å². The van der Waals surface area contributed by atoms with Crippen molar-refractivity contribution >= 4 is 17.1 Å². The lowest BCUT2D eigenvalue weighted by molar-refractivity contribution is 1.28. The molecule has 0 aromatic heterocycles. The lowest BCUT2D eigenvalue weighted by Gasteiger charge is -2.26. The first-order valence-corrected chi connectivity index (χ1v) is 13.6. The van der Waals surface area contributed by atoms with Crippen molar-refractivity contribution in [1.82, 2.24) is 0 Å². The fraction of sp³-hybridized carbons (Fsp3) is 0.0526. The minimum Gasteiger partial charge on any atom is -0.310 e. The van der Waals surface area contributed by atoms with E-state index in [9.17, 15) is 0 Å². The van der Waals surface area contributed by atoms with Crippen LogP contribution in [0.25, 0.3) is 33.4 Å². The van der Waals surface area contributed by atoms with Crippen molar-refractivity contribution in [3.63, 3.8) is 0 Å². The fourth-order valence-corrected chi connectivity index (χ4v) is 4.77. The first-order chi connectivity index (χ1) is 19.3. The molecule has 0 spiro atoms.